The number of aromatic nitrogens is 2. The van der Waals surface area contributed by atoms with Crippen LogP contribution in [-0.2, 0) is 16.8 Å². The molecule has 11 heteroatoms. The molecule has 2 aromatic carbocycles. The molecule has 3 heterocycles. The van der Waals surface area contributed by atoms with Crippen LogP contribution in [0.2, 0.25) is 10.0 Å². The zero-order chi connectivity index (χ0) is 26.6. The van der Waals surface area contributed by atoms with Crippen LogP contribution < -0.4 is 15.0 Å². The van der Waals surface area contributed by atoms with Gasteiger partial charge < -0.3 is 19.9 Å². The Balaban J connectivity index is 1.22. The van der Waals surface area contributed by atoms with Crippen LogP contribution in [0, 0.1) is 0 Å². The first-order valence-corrected chi connectivity index (χ1v) is 13.1. The van der Waals surface area contributed by atoms with Crippen molar-refractivity contribution in [3.8, 4) is 5.88 Å². The number of anilines is 3. The third kappa shape index (κ3) is 4.44. The number of hydrogen-bond acceptors (Lipinski definition) is 7. The molecule has 2 aliphatic heterocycles. The van der Waals surface area contributed by atoms with E-state index in [9.17, 15) is 9.59 Å². The van der Waals surface area contributed by atoms with Gasteiger partial charge in [0, 0.05) is 30.4 Å². The molecule has 1 spiro atoms. The maximum atomic E-state index is 13.2. The van der Waals surface area contributed by atoms with Gasteiger partial charge in [0.05, 0.1) is 22.3 Å². The molecule has 1 N–H and O–H groups in total. The van der Waals surface area contributed by atoms with Gasteiger partial charge >= 0.3 is 0 Å². The molecular formula is C27H26Cl2N6O3. The summed E-state index contributed by atoms with van der Waals surface area (Å²) in [6, 6.07) is 11.2. The smallest absolute Gasteiger partial charge is 0.268 e. The van der Waals surface area contributed by atoms with E-state index >= 15 is 0 Å². The van der Waals surface area contributed by atoms with Crippen LogP contribution in [-0.4, -0.2) is 65.5 Å². The van der Waals surface area contributed by atoms with Gasteiger partial charge in [0.1, 0.15) is 5.56 Å². The molecule has 3 aliphatic rings. The lowest BCUT2D eigenvalue weighted by molar-refractivity contribution is -0.133. The van der Waals surface area contributed by atoms with Gasteiger partial charge in [0.2, 0.25) is 17.7 Å². The highest BCUT2D eigenvalue weighted by atomic mass is 35.5. The number of hydrogen-bond donors (Lipinski definition) is 1. The van der Waals surface area contributed by atoms with Gasteiger partial charge in [-0.25, -0.2) is 4.98 Å². The molecule has 0 bridgehead atoms. The van der Waals surface area contributed by atoms with Crippen LogP contribution >= 0.6 is 23.2 Å². The van der Waals surface area contributed by atoms with Crippen LogP contribution in [0.25, 0.3) is 0 Å². The second-order valence-corrected chi connectivity index (χ2v) is 11.1. The van der Waals surface area contributed by atoms with Crippen LogP contribution in [0.1, 0.15) is 34.3 Å². The Morgan fingerprint density at radius 3 is 2.66 bits per heavy atom. The molecule has 1 aromatic heterocycles. The van der Waals surface area contributed by atoms with Crippen LogP contribution in [0.4, 0.5) is 17.3 Å². The minimum Gasteiger partial charge on any atom is -0.455 e. The molecule has 196 valence electrons. The summed E-state index contributed by atoms with van der Waals surface area (Å²) in [4.78, 5) is 40.0. The number of carbonyl (C=O) groups is 2. The summed E-state index contributed by atoms with van der Waals surface area (Å²) in [6.07, 6.45) is 3.62. The third-order valence-corrected chi connectivity index (χ3v) is 7.82. The van der Waals surface area contributed by atoms with Crippen LogP contribution in [0.15, 0.2) is 42.6 Å². The van der Waals surface area contributed by atoms with Gasteiger partial charge in [-0.15, -0.1) is 0 Å². The number of halogens is 2. The summed E-state index contributed by atoms with van der Waals surface area (Å²) in [5.74, 6) is 0.275. The Bertz CT molecular complexity index is 1440. The summed E-state index contributed by atoms with van der Waals surface area (Å²) in [5, 5.41) is 3.92. The van der Waals surface area contributed by atoms with E-state index in [0.29, 0.717) is 34.8 Å². The highest BCUT2D eigenvalue weighted by molar-refractivity contribution is 6.40. The Morgan fingerprint density at radius 2 is 1.95 bits per heavy atom. The van der Waals surface area contributed by atoms with Gasteiger partial charge in [-0.1, -0.05) is 35.3 Å². The van der Waals surface area contributed by atoms with E-state index in [4.69, 9.17) is 27.9 Å². The van der Waals surface area contributed by atoms with Gasteiger partial charge in [-0.3, -0.25) is 14.5 Å². The summed E-state index contributed by atoms with van der Waals surface area (Å²) >= 11 is 12.6. The van der Waals surface area contributed by atoms with Crippen molar-refractivity contribution < 1.29 is 14.3 Å². The minimum atomic E-state index is -0.348. The quantitative estimate of drug-likeness (QED) is 0.499. The van der Waals surface area contributed by atoms with E-state index in [1.54, 1.807) is 18.2 Å². The standard InChI is InChI=1S/C27H26Cl2N6O3/c1-33(2)13-22(36)34-12-16-10-17(6-7-19(16)27(14-34)8-9-27)31-26-30-11-18-24(32-26)38-15-35(25(18)37)23-20(28)4-3-5-21(23)29/h3-7,10-11H,8-9,12-15H2,1-2H3,(H,30,31,32). The van der Waals surface area contributed by atoms with Crippen molar-refractivity contribution in [2.75, 3.05) is 44.1 Å². The Morgan fingerprint density at radius 1 is 1.18 bits per heavy atom. The maximum Gasteiger partial charge on any atom is 0.268 e. The number of amides is 2. The highest BCUT2D eigenvalue weighted by Crippen LogP contribution is 2.52. The molecule has 9 nitrogen and oxygen atoms in total. The van der Waals surface area contributed by atoms with Gasteiger partial charge in [0.25, 0.3) is 5.91 Å². The van der Waals surface area contributed by atoms with Crippen molar-refractivity contribution >= 4 is 52.3 Å². The molecule has 0 unspecified atom stereocenters. The third-order valence-electron chi connectivity index (χ3n) is 7.21. The van der Waals surface area contributed by atoms with E-state index in [0.717, 1.165) is 30.6 Å². The second-order valence-electron chi connectivity index (χ2n) is 10.3. The van der Waals surface area contributed by atoms with Crippen molar-refractivity contribution in [3.05, 3.63) is 69.3 Å². The molecule has 6 rings (SSSR count). The molecule has 0 saturated heterocycles. The fraction of sp³-hybridized carbons (Fsp3) is 0.333. The monoisotopic (exact) mass is 552 g/mol. The molecule has 0 radical (unpaired) electrons. The molecule has 1 saturated carbocycles. The molecule has 3 aromatic rings. The van der Waals surface area contributed by atoms with E-state index in [1.807, 2.05) is 30.0 Å². The van der Waals surface area contributed by atoms with Crippen molar-refractivity contribution in [3.63, 3.8) is 0 Å². The van der Waals surface area contributed by atoms with Crippen molar-refractivity contribution in [2.45, 2.75) is 24.8 Å². The molecule has 1 aliphatic carbocycles. The van der Waals surface area contributed by atoms with E-state index in [-0.39, 0.29) is 35.4 Å². The number of nitrogens with zero attached hydrogens (tertiary/aromatic N) is 5. The zero-order valence-corrected chi connectivity index (χ0v) is 22.5. The number of rotatable bonds is 5. The topological polar surface area (TPSA) is 90.9 Å². The lowest BCUT2D eigenvalue weighted by Crippen LogP contribution is -2.45. The van der Waals surface area contributed by atoms with Gasteiger partial charge in [-0.05, 0) is 62.3 Å². The predicted molar refractivity (Wildman–Crippen MR) is 145 cm³/mol. The lowest BCUT2D eigenvalue weighted by atomic mass is 9.86. The summed E-state index contributed by atoms with van der Waals surface area (Å²) in [5.41, 5.74) is 3.91. The fourth-order valence-corrected chi connectivity index (χ4v) is 5.81. The van der Waals surface area contributed by atoms with Gasteiger partial charge in [-0.2, -0.15) is 4.98 Å². The number of para-hydroxylation sites is 1. The van der Waals surface area contributed by atoms with Crippen molar-refractivity contribution in [1.29, 1.82) is 0 Å². The normalized spacial score (nSPS) is 17.2. The second kappa shape index (κ2) is 9.41. The number of fused-ring (bicyclic) bond motifs is 3. The fourth-order valence-electron chi connectivity index (χ4n) is 5.21. The average molecular weight is 553 g/mol. The molecule has 2 amide bonds. The molecule has 0 atom stereocenters. The van der Waals surface area contributed by atoms with Crippen LogP contribution in [0.5, 0.6) is 5.88 Å². The minimum absolute atomic E-state index is 0.0705. The predicted octanol–water partition coefficient (Wildman–Crippen LogP) is 4.46. The lowest BCUT2D eigenvalue weighted by Gasteiger charge is -2.36. The Kier molecular flexibility index (Phi) is 6.17. The first-order chi connectivity index (χ1) is 18.2. The average Bonchev–Trinajstić information content (AvgIpc) is 3.64. The first kappa shape index (κ1) is 24.9. The van der Waals surface area contributed by atoms with Gasteiger partial charge in [0.15, 0.2) is 6.73 Å². The maximum absolute atomic E-state index is 13.2. The summed E-state index contributed by atoms with van der Waals surface area (Å²) < 4.78 is 5.80. The number of ether oxygens (including phenoxy) is 1. The number of benzene rings is 2. The Hall–Kier alpha value is -3.40. The molecule has 38 heavy (non-hydrogen) atoms. The summed E-state index contributed by atoms with van der Waals surface area (Å²) in [6.45, 7) is 1.66. The number of nitrogens with one attached hydrogen (secondary N) is 1. The zero-order valence-electron chi connectivity index (χ0n) is 21.0. The molecular weight excluding hydrogens is 527 g/mol. The first-order valence-electron chi connectivity index (χ1n) is 12.3. The SMILES string of the molecule is CN(C)CC(=O)N1Cc2cc(Nc3ncc4c(n3)OCN(c3c(Cl)cccc3Cl)C4=O)ccc2C2(CC2)C1. The van der Waals surface area contributed by atoms with Crippen molar-refractivity contribution in [1.82, 2.24) is 19.8 Å². The number of carbonyl (C=O) groups excluding carboxylic acids is 2. The largest absolute Gasteiger partial charge is 0.455 e. The molecule has 1 fully saturated rings. The van der Waals surface area contributed by atoms with Crippen LogP contribution in [0.3, 0.4) is 0 Å². The Labute approximate surface area is 230 Å². The van der Waals surface area contributed by atoms with E-state index in [1.165, 1.54) is 16.7 Å². The van der Waals surface area contributed by atoms with E-state index in [2.05, 4.69) is 27.4 Å². The van der Waals surface area contributed by atoms with Crippen molar-refractivity contribution in [2.24, 2.45) is 0 Å². The van der Waals surface area contributed by atoms with E-state index < -0.39 is 0 Å². The summed E-state index contributed by atoms with van der Waals surface area (Å²) in [7, 11) is 3.81. The number of likely N-dealkylation sites (N-methyl/N-ethyl adjacent to an activating group) is 1. The highest BCUT2D eigenvalue weighted by Gasteiger charge is 2.49.